The van der Waals surface area contributed by atoms with Crippen LogP contribution in [0.1, 0.15) is 6.92 Å². The second-order valence-corrected chi connectivity index (χ2v) is 2.44. The number of carbonyl (C=O) groups excluding carboxylic acids is 1. The number of aliphatic hydroxyl groups is 1. The third-order valence-electron chi connectivity index (χ3n) is 1.23. The van der Waals surface area contributed by atoms with E-state index < -0.39 is 12.0 Å². The maximum absolute atomic E-state index is 10.9. The van der Waals surface area contributed by atoms with E-state index in [0.717, 1.165) is 0 Å². The zero-order chi connectivity index (χ0) is 9.14. The molecule has 6 nitrogen and oxygen atoms in total. The molecule has 1 aromatic rings. The fraction of sp³-hybridized carbons (Fsp3) is 0.500. The molecule has 0 fully saturated rings. The number of aromatic nitrogens is 3. The van der Waals surface area contributed by atoms with Gasteiger partial charge >= 0.3 is 0 Å². The summed E-state index contributed by atoms with van der Waals surface area (Å²) in [6.45, 7) is 1.38. The van der Waals surface area contributed by atoms with Gasteiger partial charge in [-0.25, -0.2) is 0 Å². The van der Waals surface area contributed by atoms with Gasteiger partial charge in [0.1, 0.15) is 6.10 Å². The molecule has 0 bridgehead atoms. The smallest absolute Gasteiger partial charge is 0.254 e. The average molecular weight is 170 g/mol. The molecular weight excluding hydrogens is 160 g/mol. The summed E-state index contributed by atoms with van der Waals surface area (Å²) in [5, 5.41) is 18.4. The van der Waals surface area contributed by atoms with Crippen LogP contribution < -0.4 is 5.32 Å². The van der Waals surface area contributed by atoms with Gasteiger partial charge in [-0.2, -0.15) is 0 Å². The molecule has 0 spiro atoms. The molecule has 1 unspecified atom stereocenters. The molecule has 0 aliphatic carbocycles. The number of aryl methyl sites for hydroxylation is 1. The Morgan fingerprint density at radius 3 is 2.92 bits per heavy atom. The first-order valence-corrected chi connectivity index (χ1v) is 3.45. The van der Waals surface area contributed by atoms with Crippen LogP contribution in [0.15, 0.2) is 6.20 Å². The van der Waals surface area contributed by atoms with Crippen LogP contribution in [0.25, 0.3) is 0 Å². The lowest BCUT2D eigenvalue weighted by Crippen LogP contribution is -2.24. The van der Waals surface area contributed by atoms with Crippen LogP contribution in [0.2, 0.25) is 0 Å². The van der Waals surface area contributed by atoms with Crippen molar-refractivity contribution in [1.29, 1.82) is 0 Å². The Morgan fingerprint density at radius 1 is 1.83 bits per heavy atom. The van der Waals surface area contributed by atoms with E-state index in [1.165, 1.54) is 11.6 Å². The summed E-state index contributed by atoms with van der Waals surface area (Å²) < 4.78 is 1.46. The normalized spacial score (nSPS) is 12.6. The number of hydrogen-bond acceptors (Lipinski definition) is 4. The number of nitrogens with one attached hydrogen (secondary N) is 1. The molecule has 0 aromatic carbocycles. The molecule has 66 valence electrons. The lowest BCUT2D eigenvalue weighted by molar-refractivity contribution is -0.123. The molecule has 2 N–H and O–H groups in total. The van der Waals surface area contributed by atoms with Crippen LogP contribution in [-0.4, -0.2) is 32.1 Å². The highest BCUT2D eigenvalue weighted by atomic mass is 16.3. The molecule has 0 saturated heterocycles. The number of hydrogen-bond donors (Lipinski definition) is 2. The third kappa shape index (κ3) is 2.03. The standard InChI is InChI=1S/C6H10N4O2/c1-4(11)6(12)7-5-3-10(2)9-8-5/h3-4,11H,1-2H3,(H,7,12). The summed E-state index contributed by atoms with van der Waals surface area (Å²) in [4.78, 5) is 10.9. The predicted molar refractivity (Wildman–Crippen MR) is 41.3 cm³/mol. The maximum Gasteiger partial charge on any atom is 0.254 e. The summed E-state index contributed by atoms with van der Waals surface area (Å²) in [6.07, 6.45) is 0.507. The Labute approximate surface area is 69.2 Å². The van der Waals surface area contributed by atoms with Crippen LogP contribution in [0.5, 0.6) is 0 Å². The molecule has 0 radical (unpaired) electrons. The van der Waals surface area contributed by atoms with Gasteiger partial charge in [0.05, 0.1) is 6.20 Å². The summed E-state index contributed by atoms with van der Waals surface area (Å²) in [7, 11) is 1.69. The van der Waals surface area contributed by atoms with Gasteiger partial charge in [0.15, 0.2) is 5.82 Å². The first kappa shape index (κ1) is 8.66. The number of anilines is 1. The van der Waals surface area contributed by atoms with Crippen molar-refractivity contribution in [2.24, 2.45) is 7.05 Å². The fourth-order valence-electron chi connectivity index (χ4n) is 0.635. The largest absolute Gasteiger partial charge is 0.384 e. The van der Waals surface area contributed by atoms with Gasteiger partial charge in [-0.1, -0.05) is 5.21 Å². The first-order valence-electron chi connectivity index (χ1n) is 3.45. The van der Waals surface area contributed by atoms with E-state index in [1.54, 1.807) is 13.2 Å². The van der Waals surface area contributed by atoms with Gasteiger partial charge in [0.2, 0.25) is 0 Å². The van der Waals surface area contributed by atoms with E-state index in [2.05, 4.69) is 15.6 Å². The molecule has 12 heavy (non-hydrogen) atoms. The van der Waals surface area contributed by atoms with Gasteiger partial charge in [-0.15, -0.1) is 5.10 Å². The number of amides is 1. The highest BCUT2D eigenvalue weighted by molar-refractivity contribution is 5.92. The van der Waals surface area contributed by atoms with E-state index in [9.17, 15) is 4.79 Å². The summed E-state index contributed by atoms with van der Waals surface area (Å²) in [5.41, 5.74) is 0. The monoisotopic (exact) mass is 170 g/mol. The van der Waals surface area contributed by atoms with Gasteiger partial charge < -0.3 is 10.4 Å². The summed E-state index contributed by atoms with van der Waals surface area (Å²) in [5.74, 6) is -0.154. The highest BCUT2D eigenvalue weighted by Gasteiger charge is 2.09. The molecule has 0 aliphatic rings. The van der Waals surface area contributed by atoms with Crippen molar-refractivity contribution in [3.63, 3.8) is 0 Å². The molecule has 1 rings (SSSR count). The van der Waals surface area contributed by atoms with Crippen molar-refractivity contribution in [1.82, 2.24) is 15.0 Å². The number of nitrogens with zero attached hydrogens (tertiary/aromatic N) is 3. The zero-order valence-electron chi connectivity index (χ0n) is 6.85. The van der Waals surface area contributed by atoms with Gasteiger partial charge in [-0.05, 0) is 6.92 Å². The van der Waals surface area contributed by atoms with Crippen LogP contribution in [0.4, 0.5) is 5.82 Å². The zero-order valence-corrected chi connectivity index (χ0v) is 6.85. The molecule has 0 aliphatic heterocycles. The Balaban J connectivity index is 2.58. The highest BCUT2D eigenvalue weighted by Crippen LogP contribution is 1.98. The summed E-state index contributed by atoms with van der Waals surface area (Å²) >= 11 is 0. The fourth-order valence-corrected chi connectivity index (χ4v) is 0.635. The Morgan fingerprint density at radius 2 is 2.50 bits per heavy atom. The van der Waals surface area contributed by atoms with Crippen LogP contribution >= 0.6 is 0 Å². The Bertz CT molecular complexity index is 281. The van der Waals surface area contributed by atoms with Crippen molar-refractivity contribution in [2.45, 2.75) is 13.0 Å². The van der Waals surface area contributed by atoms with E-state index in [-0.39, 0.29) is 0 Å². The maximum atomic E-state index is 10.9. The topological polar surface area (TPSA) is 80.0 Å². The van der Waals surface area contributed by atoms with Gasteiger partial charge in [0.25, 0.3) is 5.91 Å². The van der Waals surface area contributed by atoms with E-state index in [4.69, 9.17) is 5.11 Å². The molecule has 1 amide bonds. The second-order valence-electron chi connectivity index (χ2n) is 2.44. The number of carbonyl (C=O) groups is 1. The molecular formula is C6H10N4O2. The van der Waals surface area contributed by atoms with Crippen molar-refractivity contribution in [3.8, 4) is 0 Å². The average Bonchev–Trinajstić information content (AvgIpc) is 2.35. The SMILES string of the molecule is CC(O)C(=O)Nc1cn(C)nn1. The summed E-state index contributed by atoms with van der Waals surface area (Å²) in [6, 6.07) is 0. The minimum absolute atomic E-state index is 0.336. The minimum Gasteiger partial charge on any atom is -0.384 e. The molecule has 1 aromatic heterocycles. The minimum atomic E-state index is -1.04. The Kier molecular flexibility index (Phi) is 2.39. The van der Waals surface area contributed by atoms with Crippen molar-refractivity contribution in [2.75, 3.05) is 5.32 Å². The lowest BCUT2D eigenvalue weighted by atomic mass is 10.4. The second kappa shape index (κ2) is 3.31. The van der Waals surface area contributed by atoms with Crippen molar-refractivity contribution >= 4 is 11.7 Å². The molecule has 1 heterocycles. The third-order valence-corrected chi connectivity index (χ3v) is 1.23. The Hall–Kier alpha value is -1.43. The van der Waals surface area contributed by atoms with Crippen LogP contribution in [0, 0.1) is 0 Å². The van der Waals surface area contributed by atoms with Gasteiger partial charge in [-0.3, -0.25) is 9.48 Å². The van der Waals surface area contributed by atoms with Gasteiger partial charge in [0, 0.05) is 7.05 Å². The lowest BCUT2D eigenvalue weighted by Gasteiger charge is -2.01. The number of rotatable bonds is 2. The van der Waals surface area contributed by atoms with Crippen molar-refractivity contribution < 1.29 is 9.90 Å². The van der Waals surface area contributed by atoms with Crippen LogP contribution in [-0.2, 0) is 11.8 Å². The van der Waals surface area contributed by atoms with Crippen molar-refractivity contribution in [3.05, 3.63) is 6.20 Å². The quantitative estimate of drug-likeness (QED) is 0.605. The first-order chi connectivity index (χ1) is 5.59. The molecule has 1 atom stereocenters. The number of aliphatic hydroxyl groups excluding tert-OH is 1. The predicted octanol–water partition coefficient (Wildman–Crippen LogP) is -0.866. The van der Waals surface area contributed by atoms with E-state index in [0.29, 0.717) is 5.82 Å². The van der Waals surface area contributed by atoms with Crippen LogP contribution in [0.3, 0.4) is 0 Å². The van der Waals surface area contributed by atoms with E-state index >= 15 is 0 Å². The van der Waals surface area contributed by atoms with E-state index in [1.807, 2.05) is 0 Å². The molecule has 6 heteroatoms. The molecule has 0 saturated carbocycles.